The Balaban J connectivity index is 1.41. The molecular weight excluding hydrogens is 501 g/mol. The van der Waals surface area contributed by atoms with E-state index in [0.717, 1.165) is 18.6 Å². The molecule has 1 aliphatic heterocycles. The van der Waals surface area contributed by atoms with Gasteiger partial charge in [0.2, 0.25) is 15.9 Å². The van der Waals surface area contributed by atoms with Crippen molar-refractivity contribution >= 4 is 21.9 Å². The van der Waals surface area contributed by atoms with Crippen LogP contribution in [0, 0.1) is 11.8 Å². The summed E-state index contributed by atoms with van der Waals surface area (Å²) in [6, 6.07) is 10.0. The summed E-state index contributed by atoms with van der Waals surface area (Å²) in [7, 11) is -3.68. The Hall–Kier alpha value is -3.45. The van der Waals surface area contributed by atoms with E-state index in [4.69, 9.17) is 4.42 Å². The first-order chi connectivity index (χ1) is 16.9. The zero-order valence-corrected chi connectivity index (χ0v) is 20.1. The van der Waals surface area contributed by atoms with E-state index >= 15 is 0 Å². The van der Waals surface area contributed by atoms with E-state index in [0.29, 0.717) is 18.7 Å². The van der Waals surface area contributed by atoms with Crippen molar-refractivity contribution in [2.75, 3.05) is 18.4 Å². The third-order valence-corrected chi connectivity index (χ3v) is 7.42. The van der Waals surface area contributed by atoms with Crippen LogP contribution in [0.5, 0.6) is 5.75 Å². The number of halogens is 3. The van der Waals surface area contributed by atoms with Gasteiger partial charge in [0.1, 0.15) is 5.75 Å². The quantitative estimate of drug-likeness (QED) is 0.503. The van der Waals surface area contributed by atoms with Crippen molar-refractivity contribution in [3.05, 3.63) is 54.1 Å². The molecule has 0 spiro atoms. The number of carbonyl (C=O) groups is 1. The molecule has 2 heterocycles. The first kappa shape index (κ1) is 25.6. The highest BCUT2D eigenvalue weighted by molar-refractivity contribution is 7.89. The van der Waals surface area contributed by atoms with Gasteiger partial charge < -0.3 is 9.15 Å². The molecule has 13 heteroatoms. The second kappa shape index (κ2) is 9.90. The fourth-order valence-electron chi connectivity index (χ4n) is 4.09. The van der Waals surface area contributed by atoms with Crippen LogP contribution in [0.15, 0.2) is 57.8 Å². The fourth-order valence-corrected chi connectivity index (χ4v) is 5.77. The van der Waals surface area contributed by atoms with Crippen molar-refractivity contribution < 1.29 is 35.5 Å². The number of anilines is 1. The lowest BCUT2D eigenvalue weighted by Gasteiger charge is -2.34. The summed E-state index contributed by atoms with van der Waals surface area (Å²) in [5.74, 6) is -0.522. The summed E-state index contributed by atoms with van der Waals surface area (Å²) in [5, 5.41) is 9.89. The molecule has 0 radical (unpaired) electrons. The zero-order valence-electron chi connectivity index (χ0n) is 19.3. The Morgan fingerprint density at radius 2 is 1.64 bits per heavy atom. The van der Waals surface area contributed by atoms with Crippen LogP contribution in [0.25, 0.3) is 11.5 Å². The van der Waals surface area contributed by atoms with Gasteiger partial charge in [-0.3, -0.25) is 10.1 Å². The number of hydrogen-bond acceptors (Lipinski definition) is 7. The van der Waals surface area contributed by atoms with Crippen molar-refractivity contribution in [3.63, 3.8) is 0 Å². The minimum absolute atomic E-state index is 0.0321. The molecule has 2 aromatic carbocycles. The largest absolute Gasteiger partial charge is 0.573 e. The molecule has 0 aliphatic carbocycles. The van der Waals surface area contributed by atoms with E-state index in [-0.39, 0.29) is 34.2 Å². The number of benzene rings is 2. The smallest absolute Gasteiger partial charge is 0.406 e. The number of alkyl halides is 3. The normalized spacial score (nSPS) is 19.1. The van der Waals surface area contributed by atoms with Crippen LogP contribution in [0.3, 0.4) is 0 Å². The maximum atomic E-state index is 13.0. The summed E-state index contributed by atoms with van der Waals surface area (Å²) in [4.78, 5) is 12.7. The second-order valence-corrected chi connectivity index (χ2v) is 10.7. The Morgan fingerprint density at radius 1 is 1.03 bits per heavy atom. The maximum absolute atomic E-state index is 13.0. The van der Waals surface area contributed by atoms with Crippen LogP contribution in [0.4, 0.5) is 19.2 Å². The number of aromatic nitrogens is 2. The Bertz CT molecular complexity index is 1320. The predicted octanol–water partition coefficient (Wildman–Crippen LogP) is 4.55. The molecule has 0 bridgehead atoms. The minimum Gasteiger partial charge on any atom is -0.406 e. The third-order valence-electron chi connectivity index (χ3n) is 5.57. The van der Waals surface area contributed by atoms with Crippen molar-refractivity contribution in [2.24, 2.45) is 11.8 Å². The van der Waals surface area contributed by atoms with Crippen molar-refractivity contribution in [1.82, 2.24) is 14.5 Å². The highest BCUT2D eigenvalue weighted by Crippen LogP contribution is 2.28. The van der Waals surface area contributed by atoms with Crippen molar-refractivity contribution in [1.29, 1.82) is 0 Å². The fraction of sp³-hybridized carbons (Fsp3) is 0.348. The van der Waals surface area contributed by atoms with Gasteiger partial charge >= 0.3 is 12.4 Å². The van der Waals surface area contributed by atoms with Gasteiger partial charge in [-0.2, -0.15) is 4.31 Å². The van der Waals surface area contributed by atoms with Crippen molar-refractivity contribution in [2.45, 2.75) is 31.5 Å². The summed E-state index contributed by atoms with van der Waals surface area (Å²) >= 11 is 0. The highest BCUT2D eigenvalue weighted by Gasteiger charge is 2.32. The summed E-state index contributed by atoms with van der Waals surface area (Å²) in [6.07, 6.45) is -3.84. The lowest BCUT2D eigenvalue weighted by atomic mass is 9.94. The summed E-state index contributed by atoms with van der Waals surface area (Å²) in [5.41, 5.74) is 0.483. The molecule has 1 aromatic heterocycles. The van der Waals surface area contributed by atoms with Gasteiger partial charge in [-0.15, -0.1) is 18.3 Å². The zero-order chi connectivity index (χ0) is 26.1. The molecule has 9 nitrogen and oxygen atoms in total. The molecule has 0 saturated carbocycles. The summed E-state index contributed by atoms with van der Waals surface area (Å²) < 4.78 is 73.5. The molecular formula is C23H23F3N4O5S. The molecule has 192 valence electrons. The van der Waals surface area contributed by atoms with Gasteiger partial charge in [0.25, 0.3) is 5.91 Å². The number of nitrogens with zero attached hydrogens (tertiary/aromatic N) is 3. The van der Waals surface area contributed by atoms with Crippen LogP contribution in [0.2, 0.25) is 0 Å². The van der Waals surface area contributed by atoms with Crippen molar-refractivity contribution in [3.8, 4) is 17.2 Å². The average Bonchev–Trinajstić information content (AvgIpc) is 3.26. The number of carbonyl (C=O) groups excluding carboxylic acids is 1. The number of nitrogens with one attached hydrogen (secondary N) is 1. The number of amides is 1. The maximum Gasteiger partial charge on any atom is 0.573 e. The Labute approximate surface area is 205 Å². The van der Waals surface area contributed by atoms with E-state index in [1.54, 1.807) is 0 Å². The molecule has 2 atom stereocenters. The molecule has 1 saturated heterocycles. The van der Waals surface area contributed by atoms with Crippen LogP contribution >= 0.6 is 0 Å². The van der Waals surface area contributed by atoms with Crippen LogP contribution in [-0.4, -0.2) is 48.3 Å². The average molecular weight is 525 g/mol. The molecule has 0 unspecified atom stereocenters. The van der Waals surface area contributed by atoms with Gasteiger partial charge in [-0.1, -0.05) is 18.9 Å². The monoisotopic (exact) mass is 524 g/mol. The minimum atomic E-state index is -4.81. The molecule has 1 fully saturated rings. The van der Waals surface area contributed by atoms with Gasteiger partial charge in [0.05, 0.1) is 4.90 Å². The van der Waals surface area contributed by atoms with Gasteiger partial charge in [0, 0.05) is 24.2 Å². The lowest BCUT2D eigenvalue weighted by Crippen LogP contribution is -2.42. The Morgan fingerprint density at radius 3 is 2.22 bits per heavy atom. The van der Waals surface area contributed by atoms with E-state index in [1.807, 2.05) is 13.8 Å². The van der Waals surface area contributed by atoms with E-state index < -0.39 is 28.0 Å². The van der Waals surface area contributed by atoms with E-state index in [2.05, 4.69) is 20.3 Å². The molecule has 3 aromatic rings. The number of rotatable bonds is 6. The first-order valence-electron chi connectivity index (χ1n) is 11.0. The second-order valence-electron chi connectivity index (χ2n) is 8.73. The molecule has 1 amide bonds. The summed E-state index contributed by atoms with van der Waals surface area (Å²) in [6.45, 7) is 4.94. The van der Waals surface area contributed by atoms with Gasteiger partial charge in [0.15, 0.2) is 0 Å². The number of piperidine rings is 1. The standard InChI is InChI=1S/C23H23F3N4O5S/c1-14-11-15(2)13-30(12-14)36(32,33)19-9-5-16(6-10-19)20(31)27-22-29-28-21(34-22)17-3-7-18(8-4-17)35-23(24,25)26/h3-10,14-15H,11-13H2,1-2H3,(H,27,29,31)/t14-,15+. The van der Waals surface area contributed by atoms with Crippen LogP contribution < -0.4 is 10.1 Å². The van der Waals surface area contributed by atoms with Crippen LogP contribution in [-0.2, 0) is 10.0 Å². The van der Waals surface area contributed by atoms with Gasteiger partial charge in [-0.05, 0) is 66.8 Å². The van der Waals surface area contributed by atoms with E-state index in [1.165, 1.54) is 40.7 Å². The number of sulfonamides is 1. The Kier molecular flexibility index (Phi) is 7.05. The lowest BCUT2D eigenvalue weighted by molar-refractivity contribution is -0.274. The number of ether oxygens (including phenoxy) is 1. The van der Waals surface area contributed by atoms with Crippen LogP contribution in [0.1, 0.15) is 30.6 Å². The van der Waals surface area contributed by atoms with Gasteiger partial charge in [-0.25, -0.2) is 8.42 Å². The molecule has 4 rings (SSSR count). The third kappa shape index (κ3) is 6.02. The molecule has 1 aliphatic rings. The predicted molar refractivity (Wildman–Crippen MR) is 123 cm³/mol. The SMILES string of the molecule is C[C@@H]1C[C@H](C)CN(S(=O)(=O)c2ccc(C(=O)Nc3nnc(-c4ccc(OC(F)(F)F)cc4)o3)cc2)C1. The molecule has 1 N–H and O–H groups in total. The topological polar surface area (TPSA) is 115 Å². The van der Waals surface area contributed by atoms with E-state index in [9.17, 15) is 26.4 Å². The highest BCUT2D eigenvalue weighted by atomic mass is 32.2. The molecule has 36 heavy (non-hydrogen) atoms. The number of hydrogen-bond donors (Lipinski definition) is 1. The first-order valence-corrected chi connectivity index (χ1v) is 12.5.